The highest BCUT2D eigenvalue weighted by molar-refractivity contribution is 5.55. The summed E-state index contributed by atoms with van der Waals surface area (Å²) in [5.41, 5.74) is 9.52. The fourth-order valence-electron chi connectivity index (χ4n) is 1.24. The van der Waals surface area contributed by atoms with Crippen LogP contribution in [0.4, 0.5) is 0 Å². The van der Waals surface area contributed by atoms with E-state index in [1.165, 1.54) is 11.1 Å². The minimum atomic E-state index is 0.257. The van der Waals surface area contributed by atoms with Crippen LogP contribution in [-0.4, -0.2) is 6.04 Å². The molecule has 0 amide bonds. The summed E-state index contributed by atoms with van der Waals surface area (Å²) in [5.74, 6) is 0. The summed E-state index contributed by atoms with van der Waals surface area (Å²) in [5, 5.41) is 0. The Morgan fingerprint density at radius 1 is 1.78 bits per heavy atom. The first-order valence-electron chi connectivity index (χ1n) is 3.32. The summed E-state index contributed by atoms with van der Waals surface area (Å²) in [6.45, 7) is 7.97. The second kappa shape index (κ2) is 1.99. The first kappa shape index (κ1) is 6.56. The molecule has 0 radical (unpaired) electrons. The van der Waals surface area contributed by atoms with E-state index in [9.17, 15) is 0 Å². The number of hydrogen-bond donors (Lipinski definition) is 1. The number of rotatable bonds is 2. The summed E-state index contributed by atoms with van der Waals surface area (Å²) >= 11 is 0. The Kier molecular flexibility index (Phi) is 1.45. The van der Waals surface area contributed by atoms with Gasteiger partial charge in [-0.1, -0.05) is 19.1 Å². The fourth-order valence-corrected chi connectivity index (χ4v) is 1.24. The highest BCUT2D eigenvalue weighted by Gasteiger charge is 2.30. The Morgan fingerprint density at radius 3 is 2.44 bits per heavy atom. The molecule has 0 saturated carbocycles. The van der Waals surface area contributed by atoms with Crippen molar-refractivity contribution in [3.05, 3.63) is 23.3 Å². The molecule has 1 nitrogen and oxygen atoms in total. The lowest BCUT2D eigenvalue weighted by Crippen LogP contribution is -2.05. The van der Waals surface area contributed by atoms with Gasteiger partial charge in [0.05, 0.1) is 6.04 Å². The molecule has 1 aliphatic rings. The van der Waals surface area contributed by atoms with Crippen LogP contribution in [0.2, 0.25) is 0 Å². The zero-order valence-corrected chi connectivity index (χ0v) is 6.07. The third-order valence-electron chi connectivity index (χ3n) is 1.79. The zero-order valence-electron chi connectivity index (χ0n) is 6.07. The van der Waals surface area contributed by atoms with E-state index < -0.39 is 0 Å². The lowest BCUT2D eigenvalue weighted by Gasteiger charge is -1.86. The first-order chi connectivity index (χ1) is 4.18. The standard InChI is InChI=1S/C8H13N/c1-4-6-7(5(2)3)8(6)9/h8H,2,4,9H2,1,3H3/t8-/m1/s1. The van der Waals surface area contributed by atoms with Crippen molar-refractivity contribution in [3.8, 4) is 0 Å². The summed E-state index contributed by atoms with van der Waals surface area (Å²) in [4.78, 5) is 0. The largest absolute Gasteiger partial charge is 0.321 e. The summed E-state index contributed by atoms with van der Waals surface area (Å²) < 4.78 is 0. The average molecular weight is 123 g/mol. The maximum Gasteiger partial charge on any atom is 0.0520 e. The fraction of sp³-hybridized carbons (Fsp3) is 0.500. The highest BCUT2D eigenvalue weighted by atomic mass is 14.7. The average Bonchev–Trinajstić information content (AvgIpc) is 2.40. The molecule has 9 heavy (non-hydrogen) atoms. The van der Waals surface area contributed by atoms with Crippen LogP contribution in [-0.2, 0) is 0 Å². The molecule has 0 heterocycles. The smallest absolute Gasteiger partial charge is 0.0520 e. The maximum absolute atomic E-state index is 5.69. The number of nitrogens with two attached hydrogens (primary N) is 1. The molecule has 1 heteroatoms. The molecule has 0 aromatic heterocycles. The van der Waals surface area contributed by atoms with Crippen molar-refractivity contribution in [2.45, 2.75) is 26.3 Å². The molecule has 1 atom stereocenters. The van der Waals surface area contributed by atoms with Gasteiger partial charge in [0.15, 0.2) is 0 Å². The van der Waals surface area contributed by atoms with Crippen LogP contribution in [0, 0.1) is 0 Å². The van der Waals surface area contributed by atoms with Crippen LogP contribution < -0.4 is 5.73 Å². The maximum atomic E-state index is 5.69. The van der Waals surface area contributed by atoms with Crippen molar-refractivity contribution in [2.75, 3.05) is 0 Å². The van der Waals surface area contributed by atoms with E-state index in [2.05, 4.69) is 13.5 Å². The van der Waals surface area contributed by atoms with Crippen LogP contribution in [0.1, 0.15) is 20.3 Å². The molecule has 1 rings (SSSR count). The monoisotopic (exact) mass is 123 g/mol. The molecular weight excluding hydrogens is 110 g/mol. The minimum absolute atomic E-state index is 0.257. The van der Waals surface area contributed by atoms with Gasteiger partial charge in [0.1, 0.15) is 0 Å². The lowest BCUT2D eigenvalue weighted by atomic mass is 10.2. The SMILES string of the molecule is C=C(C)C1=C(CC)[C@H]1N. The molecule has 0 bridgehead atoms. The van der Waals surface area contributed by atoms with Crippen LogP contribution >= 0.6 is 0 Å². The van der Waals surface area contributed by atoms with Gasteiger partial charge in [0, 0.05) is 0 Å². The zero-order chi connectivity index (χ0) is 7.02. The molecular formula is C8H13N. The Hall–Kier alpha value is -0.560. The normalized spacial score (nSPS) is 24.6. The van der Waals surface area contributed by atoms with E-state index in [0.29, 0.717) is 0 Å². The van der Waals surface area contributed by atoms with Crippen LogP contribution in [0.25, 0.3) is 0 Å². The van der Waals surface area contributed by atoms with Crippen LogP contribution in [0.5, 0.6) is 0 Å². The third-order valence-corrected chi connectivity index (χ3v) is 1.79. The van der Waals surface area contributed by atoms with Gasteiger partial charge in [-0.05, 0) is 24.5 Å². The van der Waals surface area contributed by atoms with Gasteiger partial charge in [-0.3, -0.25) is 0 Å². The van der Waals surface area contributed by atoms with Crippen molar-refractivity contribution in [1.29, 1.82) is 0 Å². The topological polar surface area (TPSA) is 26.0 Å². The Morgan fingerprint density at radius 2 is 2.33 bits per heavy atom. The molecule has 0 unspecified atom stereocenters. The van der Waals surface area contributed by atoms with E-state index in [4.69, 9.17) is 5.73 Å². The van der Waals surface area contributed by atoms with Crippen molar-refractivity contribution >= 4 is 0 Å². The second-order valence-corrected chi connectivity index (χ2v) is 2.55. The number of hydrogen-bond acceptors (Lipinski definition) is 1. The summed E-state index contributed by atoms with van der Waals surface area (Å²) in [7, 11) is 0. The molecule has 50 valence electrons. The summed E-state index contributed by atoms with van der Waals surface area (Å²) in [6, 6.07) is 0.257. The molecule has 0 aromatic rings. The molecule has 0 aromatic carbocycles. The van der Waals surface area contributed by atoms with Gasteiger partial charge in [0.2, 0.25) is 0 Å². The van der Waals surface area contributed by atoms with Gasteiger partial charge in [0.25, 0.3) is 0 Å². The predicted octanol–water partition coefficient (Wildman–Crippen LogP) is 1.61. The van der Waals surface area contributed by atoms with Gasteiger partial charge >= 0.3 is 0 Å². The minimum Gasteiger partial charge on any atom is -0.321 e. The summed E-state index contributed by atoms with van der Waals surface area (Å²) in [6.07, 6.45) is 1.09. The Balaban J connectivity index is 2.64. The first-order valence-corrected chi connectivity index (χ1v) is 3.32. The van der Waals surface area contributed by atoms with E-state index in [1.807, 2.05) is 6.92 Å². The van der Waals surface area contributed by atoms with Crippen molar-refractivity contribution in [3.63, 3.8) is 0 Å². The van der Waals surface area contributed by atoms with Crippen molar-refractivity contribution in [2.24, 2.45) is 5.73 Å². The van der Waals surface area contributed by atoms with E-state index in [-0.39, 0.29) is 6.04 Å². The molecule has 2 N–H and O–H groups in total. The second-order valence-electron chi connectivity index (χ2n) is 2.55. The Bertz CT molecular complexity index is 177. The molecule has 0 fully saturated rings. The van der Waals surface area contributed by atoms with Gasteiger partial charge < -0.3 is 5.73 Å². The Labute approximate surface area is 56.2 Å². The van der Waals surface area contributed by atoms with E-state index in [1.54, 1.807) is 0 Å². The van der Waals surface area contributed by atoms with Crippen LogP contribution in [0.3, 0.4) is 0 Å². The molecule has 0 spiro atoms. The molecule has 0 aliphatic heterocycles. The van der Waals surface area contributed by atoms with Gasteiger partial charge in [-0.25, -0.2) is 0 Å². The third kappa shape index (κ3) is 0.924. The lowest BCUT2D eigenvalue weighted by molar-refractivity contribution is 1.01. The van der Waals surface area contributed by atoms with Gasteiger partial charge in [-0.2, -0.15) is 0 Å². The van der Waals surface area contributed by atoms with Crippen molar-refractivity contribution < 1.29 is 0 Å². The van der Waals surface area contributed by atoms with Crippen molar-refractivity contribution in [1.82, 2.24) is 0 Å². The molecule has 1 aliphatic carbocycles. The van der Waals surface area contributed by atoms with Gasteiger partial charge in [-0.15, -0.1) is 0 Å². The predicted molar refractivity (Wildman–Crippen MR) is 40.1 cm³/mol. The highest BCUT2D eigenvalue weighted by Crippen LogP contribution is 2.36. The quantitative estimate of drug-likeness (QED) is 0.593. The van der Waals surface area contributed by atoms with E-state index >= 15 is 0 Å². The van der Waals surface area contributed by atoms with E-state index in [0.717, 1.165) is 12.0 Å². The molecule has 0 saturated heterocycles. The van der Waals surface area contributed by atoms with Crippen LogP contribution in [0.15, 0.2) is 23.3 Å².